The number of phenolic OH excluding ortho intramolecular Hbond substituents is 1. The van der Waals surface area contributed by atoms with E-state index < -0.39 is 9.84 Å². The van der Waals surface area contributed by atoms with Gasteiger partial charge in [-0.3, -0.25) is 0 Å². The molecule has 0 spiro atoms. The second kappa shape index (κ2) is 4.50. The van der Waals surface area contributed by atoms with Crippen molar-refractivity contribution in [2.24, 2.45) is 0 Å². The molecule has 17 heavy (non-hydrogen) atoms. The molecular weight excluding hydrogens is 238 g/mol. The average Bonchev–Trinajstić information content (AvgIpc) is 2.53. The molecular formula is C12H15NO3S. The van der Waals surface area contributed by atoms with E-state index in [0.29, 0.717) is 17.6 Å². The molecule has 2 rings (SSSR count). The fraction of sp³-hybridized carbons (Fsp3) is 0.333. The number of allylic oxidation sites excluding steroid dienone is 1. The van der Waals surface area contributed by atoms with Gasteiger partial charge in [0.1, 0.15) is 5.75 Å². The second-order valence-electron chi connectivity index (χ2n) is 4.05. The standard InChI is InChI=1S/C12H15NO3S/c1-13-7-3-4-9-8-17(15,16)11-6-2-5-10(14)12(9)11/h2,5-6,8,13-14H,3-4,7H2,1H3. The van der Waals surface area contributed by atoms with E-state index in [1.54, 1.807) is 6.07 Å². The maximum absolute atomic E-state index is 11.8. The SMILES string of the molecule is CNCCCC1=CS(=O)(=O)c2cccc(O)c21. The van der Waals surface area contributed by atoms with Crippen LogP contribution in [-0.2, 0) is 9.84 Å². The predicted molar refractivity (Wildman–Crippen MR) is 66.4 cm³/mol. The Hall–Kier alpha value is -1.33. The first-order valence-electron chi connectivity index (χ1n) is 5.49. The summed E-state index contributed by atoms with van der Waals surface area (Å²) >= 11 is 0. The minimum absolute atomic E-state index is 0.0410. The van der Waals surface area contributed by atoms with Crippen LogP contribution in [0.5, 0.6) is 5.75 Å². The van der Waals surface area contributed by atoms with Crippen LogP contribution in [0.2, 0.25) is 0 Å². The van der Waals surface area contributed by atoms with Crippen molar-refractivity contribution in [3.8, 4) is 5.75 Å². The highest BCUT2D eigenvalue weighted by Crippen LogP contribution is 2.40. The zero-order chi connectivity index (χ0) is 12.5. The number of hydrogen-bond acceptors (Lipinski definition) is 4. The highest BCUT2D eigenvalue weighted by atomic mass is 32.2. The first-order chi connectivity index (χ1) is 8.06. The summed E-state index contributed by atoms with van der Waals surface area (Å²) in [6.07, 6.45) is 1.48. The van der Waals surface area contributed by atoms with Gasteiger partial charge in [-0.25, -0.2) is 8.42 Å². The monoisotopic (exact) mass is 253 g/mol. The number of fused-ring (bicyclic) bond motifs is 1. The number of rotatable bonds is 4. The van der Waals surface area contributed by atoms with Crippen molar-refractivity contribution in [2.75, 3.05) is 13.6 Å². The van der Waals surface area contributed by atoms with Crippen LogP contribution in [0, 0.1) is 0 Å². The van der Waals surface area contributed by atoms with Gasteiger partial charge in [0.2, 0.25) is 9.84 Å². The number of phenols is 1. The molecule has 0 amide bonds. The Morgan fingerprint density at radius 2 is 2.12 bits per heavy atom. The summed E-state index contributed by atoms with van der Waals surface area (Å²) < 4.78 is 23.7. The number of aromatic hydroxyl groups is 1. The summed E-state index contributed by atoms with van der Waals surface area (Å²) in [5, 5.41) is 14.1. The van der Waals surface area contributed by atoms with Crippen molar-refractivity contribution in [3.05, 3.63) is 29.2 Å². The summed E-state index contributed by atoms with van der Waals surface area (Å²) in [5.41, 5.74) is 1.18. The van der Waals surface area contributed by atoms with Gasteiger partial charge in [-0.1, -0.05) is 6.07 Å². The summed E-state index contributed by atoms with van der Waals surface area (Å²) in [6, 6.07) is 4.60. The Bertz CT molecular complexity index is 561. The molecule has 0 aromatic heterocycles. The van der Waals surface area contributed by atoms with Crippen LogP contribution in [0.3, 0.4) is 0 Å². The average molecular weight is 253 g/mol. The molecule has 0 unspecified atom stereocenters. The van der Waals surface area contributed by atoms with E-state index in [9.17, 15) is 13.5 Å². The van der Waals surface area contributed by atoms with E-state index >= 15 is 0 Å². The number of sulfone groups is 1. The van der Waals surface area contributed by atoms with Crippen LogP contribution in [0.15, 0.2) is 28.5 Å². The first-order valence-corrected chi connectivity index (χ1v) is 7.03. The van der Waals surface area contributed by atoms with Gasteiger partial charge in [-0.2, -0.15) is 0 Å². The van der Waals surface area contributed by atoms with Crippen LogP contribution in [0.1, 0.15) is 18.4 Å². The summed E-state index contributed by atoms with van der Waals surface area (Å²) in [4.78, 5) is 0.219. The molecule has 1 aromatic carbocycles. The third-order valence-corrected chi connectivity index (χ3v) is 4.35. The molecule has 1 aromatic rings. The van der Waals surface area contributed by atoms with Crippen LogP contribution in [-0.4, -0.2) is 27.1 Å². The Balaban J connectivity index is 2.38. The maximum atomic E-state index is 11.8. The normalized spacial score (nSPS) is 16.6. The molecule has 0 saturated heterocycles. The lowest BCUT2D eigenvalue weighted by Crippen LogP contribution is -2.07. The third kappa shape index (κ3) is 2.21. The first kappa shape index (κ1) is 12.1. The van der Waals surface area contributed by atoms with Crippen LogP contribution in [0.4, 0.5) is 0 Å². The summed E-state index contributed by atoms with van der Waals surface area (Å²) in [7, 11) is -1.50. The fourth-order valence-electron chi connectivity index (χ4n) is 2.03. The minimum Gasteiger partial charge on any atom is -0.507 e. The molecule has 0 radical (unpaired) electrons. The highest BCUT2D eigenvalue weighted by Gasteiger charge is 2.28. The molecule has 0 fully saturated rings. The fourth-order valence-corrected chi connectivity index (χ4v) is 3.55. The summed E-state index contributed by atoms with van der Waals surface area (Å²) in [6.45, 7) is 0.820. The highest BCUT2D eigenvalue weighted by molar-refractivity contribution is 7.95. The molecule has 4 nitrogen and oxygen atoms in total. The van der Waals surface area contributed by atoms with Gasteiger partial charge in [0, 0.05) is 11.0 Å². The Kier molecular flexibility index (Phi) is 3.22. The van der Waals surface area contributed by atoms with Crippen molar-refractivity contribution < 1.29 is 13.5 Å². The minimum atomic E-state index is -3.36. The molecule has 1 aliphatic heterocycles. The van der Waals surface area contributed by atoms with E-state index in [-0.39, 0.29) is 10.6 Å². The molecule has 0 bridgehead atoms. The third-order valence-electron chi connectivity index (χ3n) is 2.80. The lowest BCUT2D eigenvalue weighted by Gasteiger charge is -2.06. The van der Waals surface area contributed by atoms with Gasteiger partial charge in [-0.15, -0.1) is 0 Å². The van der Waals surface area contributed by atoms with Crippen molar-refractivity contribution in [1.29, 1.82) is 0 Å². The zero-order valence-corrected chi connectivity index (χ0v) is 10.4. The quantitative estimate of drug-likeness (QED) is 0.798. The largest absolute Gasteiger partial charge is 0.507 e. The maximum Gasteiger partial charge on any atom is 0.200 e. The van der Waals surface area contributed by atoms with E-state index in [1.165, 1.54) is 17.5 Å². The smallest absolute Gasteiger partial charge is 0.200 e. The second-order valence-corrected chi connectivity index (χ2v) is 5.81. The molecule has 1 aliphatic rings. The topological polar surface area (TPSA) is 66.4 Å². The van der Waals surface area contributed by atoms with Gasteiger partial charge in [0.15, 0.2) is 0 Å². The molecule has 1 heterocycles. The van der Waals surface area contributed by atoms with Gasteiger partial charge >= 0.3 is 0 Å². The van der Waals surface area contributed by atoms with Crippen molar-refractivity contribution in [2.45, 2.75) is 17.7 Å². The van der Waals surface area contributed by atoms with E-state index in [2.05, 4.69) is 5.32 Å². The summed E-state index contributed by atoms with van der Waals surface area (Å²) in [5.74, 6) is 0.0410. The lowest BCUT2D eigenvalue weighted by atomic mass is 10.0. The molecule has 0 aliphatic carbocycles. The van der Waals surface area contributed by atoms with Crippen LogP contribution < -0.4 is 5.32 Å². The molecule has 5 heteroatoms. The molecule has 2 N–H and O–H groups in total. The number of hydrogen-bond donors (Lipinski definition) is 2. The Morgan fingerprint density at radius 3 is 2.82 bits per heavy atom. The number of nitrogens with one attached hydrogen (secondary N) is 1. The molecule has 0 saturated carbocycles. The van der Waals surface area contributed by atoms with E-state index in [1.807, 2.05) is 7.05 Å². The van der Waals surface area contributed by atoms with Crippen LogP contribution in [0.25, 0.3) is 5.57 Å². The van der Waals surface area contributed by atoms with E-state index in [4.69, 9.17) is 0 Å². The van der Waals surface area contributed by atoms with Gasteiger partial charge in [0.25, 0.3) is 0 Å². The van der Waals surface area contributed by atoms with Crippen molar-refractivity contribution >= 4 is 15.4 Å². The zero-order valence-electron chi connectivity index (χ0n) is 9.60. The number of benzene rings is 1. The Labute approximate surface area is 101 Å². The van der Waals surface area contributed by atoms with Crippen molar-refractivity contribution in [3.63, 3.8) is 0 Å². The van der Waals surface area contributed by atoms with Gasteiger partial charge in [-0.05, 0) is 44.1 Å². The van der Waals surface area contributed by atoms with Gasteiger partial charge in [0.05, 0.1) is 4.90 Å². The molecule has 0 atom stereocenters. The van der Waals surface area contributed by atoms with Crippen molar-refractivity contribution in [1.82, 2.24) is 5.32 Å². The lowest BCUT2D eigenvalue weighted by molar-refractivity contribution is 0.471. The predicted octanol–water partition coefficient (Wildman–Crippen LogP) is 1.52. The van der Waals surface area contributed by atoms with E-state index in [0.717, 1.165) is 13.0 Å². The molecule has 92 valence electrons. The van der Waals surface area contributed by atoms with Crippen LogP contribution >= 0.6 is 0 Å². The Morgan fingerprint density at radius 1 is 1.35 bits per heavy atom. The van der Waals surface area contributed by atoms with Gasteiger partial charge < -0.3 is 10.4 Å².